The Morgan fingerprint density at radius 3 is 2.42 bits per heavy atom. The van der Waals surface area contributed by atoms with E-state index in [2.05, 4.69) is 17.1 Å². The van der Waals surface area contributed by atoms with Gasteiger partial charge in [-0.25, -0.2) is 9.25 Å². The standard InChI is InChI=1S/C25H28N6OS/c1-3-29-16-10-15-20(29)17-26-25-27-22-21(24(32)30(25)18-11-6-4-7-12-18)23(33-2)28-31(22)19-13-8-5-9-14-19/h4-9,11-14,20H,3,10,15-17H2,1-2H3,(H,26,27). The van der Waals surface area contributed by atoms with Gasteiger partial charge in [-0.3, -0.25) is 9.69 Å². The number of thioether (sulfide) groups is 1. The molecule has 0 aliphatic carbocycles. The molecule has 1 saturated heterocycles. The molecule has 8 heteroatoms. The highest BCUT2D eigenvalue weighted by atomic mass is 32.2. The molecule has 1 fully saturated rings. The quantitative estimate of drug-likeness (QED) is 0.417. The van der Waals surface area contributed by atoms with Crippen LogP contribution in [0.4, 0.5) is 5.95 Å². The molecule has 1 aliphatic heterocycles. The minimum atomic E-state index is -0.112. The van der Waals surface area contributed by atoms with E-state index in [0.29, 0.717) is 28.0 Å². The normalized spacial score (nSPS) is 16.5. The zero-order valence-corrected chi connectivity index (χ0v) is 19.8. The van der Waals surface area contributed by atoms with Crippen molar-refractivity contribution in [2.75, 3.05) is 31.2 Å². The maximum absolute atomic E-state index is 13.9. The van der Waals surface area contributed by atoms with Crippen molar-refractivity contribution >= 4 is 28.7 Å². The minimum Gasteiger partial charge on any atom is -0.354 e. The highest BCUT2D eigenvalue weighted by molar-refractivity contribution is 7.98. The van der Waals surface area contributed by atoms with E-state index in [4.69, 9.17) is 10.1 Å². The van der Waals surface area contributed by atoms with Crippen LogP contribution >= 0.6 is 11.8 Å². The van der Waals surface area contributed by atoms with Gasteiger partial charge in [0.25, 0.3) is 5.56 Å². The summed E-state index contributed by atoms with van der Waals surface area (Å²) in [5.74, 6) is 0.548. The van der Waals surface area contributed by atoms with E-state index in [1.807, 2.05) is 66.9 Å². The van der Waals surface area contributed by atoms with Gasteiger partial charge in [0.1, 0.15) is 10.4 Å². The van der Waals surface area contributed by atoms with Crippen molar-refractivity contribution in [3.63, 3.8) is 0 Å². The number of hydrogen-bond acceptors (Lipinski definition) is 6. The number of fused-ring (bicyclic) bond motifs is 1. The monoisotopic (exact) mass is 460 g/mol. The van der Waals surface area contributed by atoms with Gasteiger partial charge in [-0.05, 0) is 56.5 Å². The Morgan fingerprint density at radius 1 is 1.06 bits per heavy atom. The molecule has 2 aromatic carbocycles. The molecule has 0 amide bonds. The van der Waals surface area contributed by atoms with Crippen molar-refractivity contribution in [1.29, 1.82) is 0 Å². The van der Waals surface area contributed by atoms with Crippen molar-refractivity contribution in [2.24, 2.45) is 0 Å². The first-order chi connectivity index (χ1) is 16.2. The molecule has 1 atom stereocenters. The molecule has 33 heavy (non-hydrogen) atoms. The maximum atomic E-state index is 13.9. The van der Waals surface area contributed by atoms with Gasteiger partial charge in [0.2, 0.25) is 5.95 Å². The number of nitrogens with zero attached hydrogens (tertiary/aromatic N) is 5. The summed E-state index contributed by atoms with van der Waals surface area (Å²) in [5.41, 5.74) is 2.13. The predicted molar refractivity (Wildman–Crippen MR) is 135 cm³/mol. The Labute approximate surface area is 197 Å². The number of likely N-dealkylation sites (tertiary alicyclic amines) is 1. The lowest BCUT2D eigenvalue weighted by molar-refractivity contribution is 0.276. The summed E-state index contributed by atoms with van der Waals surface area (Å²) in [6.45, 7) is 5.10. The van der Waals surface area contributed by atoms with Crippen LogP contribution in [0.3, 0.4) is 0 Å². The number of hydrogen-bond donors (Lipinski definition) is 1. The van der Waals surface area contributed by atoms with Crippen LogP contribution in [0.1, 0.15) is 19.8 Å². The van der Waals surface area contributed by atoms with Gasteiger partial charge in [-0.1, -0.05) is 43.3 Å². The smallest absolute Gasteiger partial charge is 0.271 e. The number of benzene rings is 2. The fourth-order valence-electron chi connectivity index (χ4n) is 4.62. The van der Waals surface area contributed by atoms with E-state index in [1.165, 1.54) is 18.2 Å². The molecule has 1 aliphatic rings. The summed E-state index contributed by atoms with van der Waals surface area (Å²) in [6.07, 6.45) is 4.29. The Morgan fingerprint density at radius 2 is 1.76 bits per heavy atom. The zero-order valence-electron chi connectivity index (χ0n) is 18.9. The molecule has 1 unspecified atom stereocenters. The number of nitrogens with one attached hydrogen (secondary N) is 1. The van der Waals surface area contributed by atoms with E-state index < -0.39 is 0 Å². The second-order valence-electron chi connectivity index (χ2n) is 8.17. The number of aromatic nitrogens is 4. The lowest BCUT2D eigenvalue weighted by Crippen LogP contribution is -2.36. The topological polar surface area (TPSA) is 68.0 Å². The van der Waals surface area contributed by atoms with Crippen LogP contribution in [0.15, 0.2) is 70.5 Å². The van der Waals surface area contributed by atoms with Crippen molar-refractivity contribution in [3.8, 4) is 11.4 Å². The summed E-state index contributed by atoms with van der Waals surface area (Å²) in [5, 5.41) is 9.48. The van der Waals surface area contributed by atoms with Gasteiger partial charge >= 0.3 is 0 Å². The molecule has 4 aromatic rings. The Balaban J connectivity index is 1.68. The third-order valence-corrected chi connectivity index (χ3v) is 6.95. The summed E-state index contributed by atoms with van der Waals surface area (Å²) >= 11 is 1.46. The van der Waals surface area contributed by atoms with E-state index >= 15 is 0 Å². The van der Waals surface area contributed by atoms with Gasteiger partial charge < -0.3 is 5.32 Å². The lowest BCUT2D eigenvalue weighted by Gasteiger charge is -2.24. The molecule has 5 rings (SSSR count). The van der Waals surface area contributed by atoms with E-state index in [1.54, 1.807) is 9.25 Å². The van der Waals surface area contributed by atoms with Gasteiger partial charge in [-0.15, -0.1) is 11.8 Å². The molecule has 3 heterocycles. The van der Waals surface area contributed by atoms with Crippen LogP contribution in [0, 0.1) is 0 Å². The molecule has 170 valence electrons. The number of anilines is 1. The highest BCUT2D eigenvalue weighted by Gasteiger charge is 2.25. The number of likely N-dealkylation sites (N-methyl/N-ethyl adjacent to an activating group) is 1. The van der Waals surface area contributed by atoms with Gasteiger partial charge in [0.15, 0.2) is 5.65 Å². The second kappa shape index (κ2) is 9.41. The summed E-state index contributed by atoms with van der Waals surface area (Å²) in [7, 11) is 0. The first kappa shape index (κ1) is 21.7. The lowest BCUT2D eigenvalue weighted by atomic mass is 10.2. The van der Waals surface area contributed by atoms with E-state index in [-0.39, 0.29) is 5.56 Å². The van der Waals surface area contributed by atoms with Gasteiger partial charge in [0.05, 0.1) is 11.4 Å². The maximum Gasteiger partial charge on any atom is 0.271 e. The summed E-state index contributed by atoms with van der Waals surface area (Å²) < 4.78 is 3.46. The molecular formula is C25H28N6OS. The average Bonchev–Trinajstić information content (AvgIpc) is 3.48. The average molecular weight is 461 g/mol. The Hall–Kier alpha value is -3.10. The minimum absolute atomic E-state index is 0.112. The molecule has 2 aromatic heterocycles. The fourth-order valence-corrected chi connectivity index (χ4v) is 5.16. The third-order valence-electron chi connectivity index (χ3n) is 6.28. The first-order valence-electron chi connectivity index (χ1n) is 11.4. The Bertz CT molecular complexity index is 1300. The Kier molecular flexibility index (Phi) is 6.20. The van der Waals surface area contributed by atoms with Crippen LogP contribution in [0.25, 0.3) is 22.4 Å². The fraction of sp³-hybridized carbons (Fsp3) is 0.320. The van der Waals surface area contributed by atoms with Crippen molar-refractivity contribution < 1.29 is 0 Å². The van der Waals surface area contributed by atoms with Crippen LogP contribution in [-0.4, -0.2) is 56.2 Å². The SMILES string of the molecule is CCN1CCCC1CNc1nc2c(c(SC)nn2-c2ccccc2)c(=O)n1-c1ccccc1. The van der Waals surface area contributed by atoms with Gasteiger partial charge in [-0.2, -0.15) is 10.1 Å². The largest absolute Gasteiger partial charge is 0.354 e. The first-order valence-corrected chi connectivity index (χ1v) is 12.6. The molecule has 0 saturated carbocycles. The van der Waals surface area contributed by atoms with Crippen molar-refractivity contribution in [3.05, 3.63) is 71.0 Å². The molecular weight excluding hydrogens is 432 g/mol. The molecule has 0 bridgehead atoms. The second-order valence-corrected chi connectivity index (χ2v) is 8.97. The number of rotatable bonds is 7. The summed E-state index contributed by atoms with van der Waals surface area (Å²) in [4.78, 5) is 21.4. The number of para-hydroxylation sites is 2. The van der Waals surface area contributed by atoms with Crippen LogP contribution in [0.5, 0.6) is 0 Å². The van der Waals surface area contributed by atoms with E-state index in [9.17, 15) is 4.79 Å². The van der Waals surface area contributed by atoms with Crippen LogP contribution in [0.2, 0.25) is 0 Å². The molecule has 0 radical (unpaired) electrons. The molecule has 1 N–H and O–H groups in total. The third kappa shape index (κ3) is 4.05. The highest BCUT2D eigenvalue weighted by Crippen LogP contribution is 2.27. The molecule has 0 spiro atoms. The summed E-state index contributed by atoms with van der Waals surface area (Å²) in [6, 6.07) is 20.0. The van der Waals surface area contributed by atoms with Crippen LogP contribution < -0.4 is 10.9 Å². The van der Waals surface area contributed by atoms with Gasteiger partial charge in [0, 0.05) is 12.6 Å². The van der Waals surface area contributed by atoms with Crippen LogP contribution in [-0.2, 0) is 0 Å². The zero-order chi connectivity index (χ0) is 22.8. The predicted octanol–water partition coefficient (Wildman–Crippen LogP) is 4.19. The van der Waals surface area contributed by atoms with Crippen molar-refractivity contribution in [2.45, 2.75) is 30.8 Å². The van der Waals surface area contributed by atoms with Crippen molar-refractivity contribution in [1.82, 2.24) is 24.2 Å². The van der Waals surface area contributed by atoms with E-state index in [0.717, 1.165) is 37.4 Å². The molecule has 7 nitrogen and oxygen atoms in total.